The number of aliphatic carboxylic acids is 1. The minimum atomic E-state index is -1.08. The van der Waals surface area contributed by atoms with Crippen LogP contribution in [0.15, 0.2) is 23.6 Å². The fourth-order valence-corrected chi connectivity index (χ4v) is 2.36. The molecule has 19 heavy (non-hydrogen) atoms. The van der Waals surface area contributed by atoms with Gasteiger partial charge in [0, 0.05) is 11.1 Å². The largest absolute Gasteiger partial charge is 0.480 e. The van der Waals surface area contributed by atoms with Crippen molar-refractivity contribution in [3.63, 3.8) is 0 Å². The average molecular weight is 277 g/mol. The van der Waals surface area contributed by atoms with Crippen molar-refractivity contribution in [1.82, 2.24) is 4.98 Å². The molecule has 6 heteroatoms. The third-order valence-electron chi connectivity index (χ3n) is 2.74. The molecule has 2 rings (SSSR count). The summed E-state index contributed by atoms with van der Waals surface area (Å²) in [7, 11) is 0. The molecule has 1 aromatic heterocycles. The topological polar surface area (TPSA) is 88.2 Å². The Balaban J connectivity index is 2.20. The summed E-state index contributed by atoms with van der Waals surface area (Å²) in [5.74, 6) is -1.08. The molecule has 0 spiro atoms. The van der Waals surface area contributed by atoms with Gasteiger partial charge in [0.25, 0.3) is 0 Å². The van der Waals surface area contributed by atoms with E-state index in [1.807, 2.05) is 32.0 Å². The predicted octanol–water partition coefficient (Wildman–Crippen LogP) is 2.59. The lowest BCUT2D eigenvalue weighted by molar-refractivity contribution is -0.138. The highest BCUT2D eigenvalue weighted by atomic mass is 32.1. The minimum absolute atomic E-state index is 0.366. The number of aromatic nitrogens is 1. The van der Waals surface area contributed by atoms with Crippen molar-refractivity contribution < 1.29 is 9.90 Å². The van der Waals surface area contributed by atoms with Gasteiger partial charge in [-0.25, -0.2) is 4.98 Å². The third kappa shape index (κ3) is 3.10. The van der Waals surface area contributed by atoms with Crippen molar-refractivity contribution in [2.45, 2.75) is 19.9 Å². The highest BCUT2D eigenvalue weighted by molar-refractivity contribution is 7.13. The number of anilines is 2. The predicted molar refractivity (Wildman–Crippen MR) is 75.9 cm³/mol. The Bertz CT molecular complexity index is 610. The molecule has 1 heterocycles. The first-order chi connectivity index (χ1) is 8.97. The Morgan fingerprint density at radius 1 is 1.47 bits per heavy atom. The SMILES string of the molecule is Cc1ccc(C)c(Nc2nc(C(N)C(=O)O)cs2)c1. The van der Waals surface area contributed by atoms with E-state index < -0.39 is 12.0 Å². The molecule has 4 N–H and O–H groups in total. The monoisotopic (exact) mass is 277 g/mol. The molecule has 1 atom stereocenters. The molecule has 0 aliphatic carbocycles. The van der Waals surface area contributed by atoms with Gasteiger partial charge in [0.05, 0.1) is 5.69 Å². The van der Waals surface area contributed by atoms with Crippen LogP contribution in [0.1, 0.15) is 22.9 Å². The van der Waals surface area contributed by atoms with Crippen LogP contribution >= 0.6 is 11.3 Å². The molecule has 0 saturated heterocycles. The van der Waals surface area contributed by atoms with E-state index in [1.54, 1.807) is 5.38 Å². The molecule has 2 aromatic rings. The van der Waals surface area contributed by atoms with Crippen molar-refractivity contribution in [2.24, 2.45) is 5.73 Å². The number of hydrogen-bond acceptors (Lipinski definition) is 5. The Morgan fingerprint density at radius 2 is 2.21 bits per heavy atom. The number of nitrogens with two attached hydrogens (primary N) is 1. The van der Waals surface area contributed by atoms with Crippen LogP contribution in [-0.2, 0) is 4.79 Å². The average Bonchev–Trinajstić information content (AvgIpc) is 2.81. The zero-order valence-electron chi connectivity index (χ0n) is 10.7. The van der Waals surface area contributed by atoms with Crippen LogP contribution in [0.4, 0.5) is 10.8 Å². The zero-order chi connectivity index (χ0) is 14.0. The number of carboxylic acids is 1. The normalized spacial score (nSPS) is 12.2. The summed E-state index contributed by atoms with van der Waals surface area (Å²) in [4.78, 5) is 15.0. The summed E-state index contributed by atoms with van der Waals surface area (Å²) in [6, 6.07) is 5.00. The number of thiazole rings is 1. The molecule has 0 radical (unpaired) electrons. The molecule has 5 nitrogen and oxygen atoms in total. The zero-order valence-corrected chi connectivity index (χ0v) is 11.5. The molecule has 0 fully saturated rings. The molecule has 1 aromatic carbocycles. The lowest BCUT2D eigenvalue weighted by atomic mass is 10.1. The van der Waals surface area contributed by atoms with Gasteiger partial charge in [-0.1, -0.05) is 12.1 Å². The van der Waals surface area contributed by atoms with E-state index in [0.29, 0.717) is 10.8 Å². The number of carbonyl (C=O) groups is 1. The maximum absolute atomic E-state index is 10.8. The lowest BCUT2D eigenvalue weighted by Gasteiger charge is -2.07. The number of carboxylic acid groups (broad SMARTS) is 1. The summed E-state index contributed by atoms with van der Waals surface area (Å²) in [5, 5.41) is 14.3. The lowest BCUT2D eigenvalue weighted by Crippen LogP contribution is -2.20. The molecular formula is C13H15N3O2S. The molecule has 100 valence electrons. The minimum Gasteiger partial charge on any atom is -0.480 e. The van der Waals surface area contributed by atoms with Gasteiger partial charge in [0.2, 0.25) is 0 Å². The van der Waals surface area contributed by atoms with Gasteiger partial charge < -0.3 is 16.2 Å². The molecule has 0 saturated carbocycles. The van der Waals surface area contributed by atoms with Gasteiger partial charge >= 0.3 is 5.97 Å². The molecule has 1 unspecified atom stereocenters. The number of nitrogens with zero attached hydrogens (tertiary/aromatic N) is 1. The van der Waals surface area contributed by atoms with Crippen LogP contribution in [0.5, 0.6) is 0 Å². The van der Waals surface area contributed by atoms with Crippen LogP contribution in [0.25, 0.3) is 0 Å². The number of nitrogens with one attached hydrogen (secondary N) is 1. The highest BCUT2D eigenvalue weighted by Gasteiger charge is 2.17. The summed E-state index contributed by atoms with van der Waals surface area (Å²) < 4.78 is 0. The van der Waals surface area contributed by atoms with E-state index in [0.717, 1.165) is 16.8 Å². The summed E-state index contributed by atoms with van der Waals surface area (Å²) >= 11 is 1.34. The molecule has 0 amide bonds. The van der Waals surface area contributed by atoms with E-state index in [2.05, 4.69) is 10.3 Å². The quantitative estimate of drug-likeness (QED) is 0.799. The van der Waals surface area contributed by atoms with Crippen molar-refractivity contribution >= 4 is 28.1 Å². The van der Waals surface area contributed by atoms with Crippen LogP contribution < -0.4 is 11.1 Å². The van der Waals surface area contributed by atoms with Gasteiger partial charge in [0.15, 0.2) is 5.13 Å². The Kier molecular flexibility index (Phi) is 3.82. The van der Waals surface area contributed by atoms with Crippen molar-refractivity contribution in [1.29, 1.82) is 0 Å². The second-order valence-corrected chi connectivity index (χ2v) is 5.19. The van der Waals surface area contributed by atoms with Crippen LogP contribution in [0.3, 0.4) is 0 Å². The van der Waals surface area contributed by atoms with Gasteiger partial charge in [-0.3, -0.25) is 4.79 Å². The molecule has 0 bridgehead atoms. The maximum Gasteiger partial charge on any atom is 0.326 e. The second kappa shape index (κ2) is 5.38. The van der Waals surface area contributed by atoms with Crippen molar-refractivity contribution in [3.05, 3.63) is 40.4 Å². The van der Waals surface area contributed by atoms with E-state index in [-0.39, 0.29) is 0 Å². The number of hydrogen-bond donors (Lipinski definition) is 3. The standard InChI is InChI=1S/C13H15N3O2S/c1-7-3-4-8(2)9(5-7)15-13-16-10(6-19-13)11(14)12(17)18/h3-6,11H,14H2,1-2H3,(H,15,16)(H,17,18). The van der Waals surface area contributed by atoms with Gasteiger partial charge in [-0.15, -0.1) is 11.3 Å². The van der Waals surface area contributed by atoms with Crippen LogP contribution in [-0.4, -0.2) is 16.1 Å². The molecule has 0 aliphatic heterocycles. The maximum atomic E-state index is 10.8. The van der Waals surface area contributed by atoms with Crippen LogP contribution in [0.2, 0.25) is 0 Å². The van der Waals surface area contributed by atoms with E-state index >= 15 is 0 Å². The first-order valence-electron chi connectivity index (χ1n) is 5.75. The fraction of sp³-hybridized carbons (Fsp3) is 0.231. The van der Waals surface area contributed by atoms with E-state index in [4.69, 9.17) is 10.8 Å². The smallest absolute Gasteiger partial charge is 0.326 e. The summed E-state index contributed by atoms with van der Waals surface area (Å²) in [6.07, 6.45) is 0. The Hall–Kier alpha value is -1.92. The van der Waals surface area contributed by atoms with Gasteiger partial charge in [-0.2, -0.15) is 0 Å². The fourth-order valence-electron chi connectivity index (χ4n) is 1.60. The van der Waals surface area contributed by atoms with Crippen molar-refractivity contribution in [2.75, 3.05) is 5.32 Å². The third-order valence-corrected chi connectivity index (χ3v) is 3.52. The van der Waals surface area contributed by atoms with E-state index in [1.165, 1.54) is 11.3 Å². The number of benzene rings is 1. The summed E-state index contributed by atoms with van der Waals surface area (Å²) in [5.41, 5.74) is 9.09. The number of aryl methyl sites for hydroxylation is 2. The Morgan fingerprint density at radius 3 is 2.89 bits per heavy atom. The van der Waals surface area contributed by atoms with E-state index in [9.17, 15) is 4.79 Å². The van der Waals surface area contributed by atoms with Gasteiger partial charge in [0.1, 0.15) is 6.04 Å². The molecule has 0 aliphatic rings. The van der Waals surface area contributed by atoms with Crippen molar-refractivity contribution in [3.8, 4) is 0 Å². The van der Waals surface area contributed by atoms with Crippen LogP contribution in [0, 0.1) is 13.8 Å². The highest BCUT2D eigenvalue weighted by Crippen LogP contribution is 2.26. The molecular weight excluding hydrogens is 262 g/mol. The van der Waals surface area contributed by atoms with Gasteiger partial charge in [-0.05, 0) is 31.0 Å². The Labute approximate surface area is 115 Å². The first kappa shape index (κ1) is 13.5. The summed E-state index contributed by atoms with van der Waals surface area (Å²) in [6.45, 7) is 4.01. The number of rotatable bonds is 4. The second-order valence-electron chi connectivity index (χ2n) is 4.34. The first-order valence-corrected chi connectivity index (χ1v) is 6.63.